The third-order valence-electron chi connectivity index (χ3n) is 0.904. The highest BCUT2D eigenvalue weighted by Gasteiger charge is 2.19. The summed E-state index contributed by atoms with van der Waals surface area (Å²) in [6.45, 7) is 0. The van der Waals surface area contributed by atoms with Gasteiger partial charge in [0.1, 0.15) is 0 Å². The van der Waals surface area contributed by atoms with E-state index in [1.807, 2.05) is 0 Å². The summed E-state index contributed by atoms with van der Waals surface area (Å²) in [5, 5.41) is 6.54. The van der Waals surface area contributed by atoms with E-state index in [0.29, 0.717) is 0 Å². The minimum absolute atomic E-state index is 0.546. The van der Waals surface area contributed by atoms with E-state index >= 15 is 0 Å². The molecular formula is C6H7NO4. The lowest BCUT2D eigenvalue weighted by molar-refractivity contribution is -0.143. The van der Waals surface area contributed by atoms with E-state index in [1.165, 1.54) is 0 Å². The molecule has 0 unspecified atom stereocenters. The van der Waals surface area contributed by atoms with Crippen LogP contribution in [0.1, 0.15) is 0 Å². The van der Waals surface area contributed by atoms with Gasteiger partial charge in [-0.15, -0.1) is 0 Å². The second-order valence-electron chi connectivity index (χ2n) is 1.48. The molecule has 60 valence electrons. The Hall–Kier alpha value is -1.61. The molecule has 5 heteroatoms. The molecule has 1 N–H and O–H groups in total. The highest BCUT2D eigenvalue weighted by atomic mass is 16.5. The maximum Gasteiger partial charge on any atom is 0.354 e. The van der Waals surface area contributed by atoms with Crippen molar-refractivity contribution in [3.8, 4) is 0 Å². The molecule has 0 aliphatic carbocycles. The van der Waals surface area contributed by atoms with E-state index in [9.17, 15) is 9.59 Å². The normalized spacial score (nSPS) is 7.82. The highest BCUT2D eigenvalue weighted by molar-refractivity contribution is 6.20. The average molecular weight is 157 g/mol. The van der Waals surface area contributed by atoms with Gasteiger partial charge < -0.3 is 9.47 Å². The van der Waals surface area contributed by atoms with Gasteiger partial charge in [0.15, 0.2) is 0 Å². The van der Waals surface area contributed by atoms with Crippen molar-refractivity contribution in [1.29, 1.82) is 5.41 Å². The van der Waals surface area contributed by atoms with Gasteiger partial charge in [-0.3, -0.25) is 5.41 Å². The summed E-state index contributed by atoms with van der Waals surface area (Å²) in [5.74, 6) is -0.227. The van der Waals surface area contributed by atoms with E-state index in [1.54, 1.807) is 5.87 Å². The molecular weight excluding hydrogens is 150 g/mol. The topological polar surface area (TPSA) is 76.5 Å². The molecule has 0 spiro atoms. The summed E-state index contributed by atoms with van der Waals surface area (Å²) >= 11 is 0. The van der Waals surface area contributed by atoms with Crippen LogP contribution in [0.2, 0.25) is 0 Å². The van der Waals surface area contributed by atoms with Gasteiger partial charge in [0.05, 0.1) is 14.2 Å². The zero-order valence-corrected chi connectivity index (χ0v) is 6.13. The molecule has 0 bridgehead atoms. The molecule has 5 nitrogen and oxygen atoms in total. The molecule has 0 atom stereocenters. The predicted molar refractivity (Wildman–Crippen MR) is 35.3 cm³/mol. The van der Waals surface area contributed by atoms with Crippen LogP contribution in [0.15, 0.2) is 5.57 Å². The molecule has 0 aliphatic rings. The lowest BCUT2D eigenvalue weighted by Gasteiger charge is -1.97. The number of hydrogen-bond acceptors (Lipinski definition) is 5. The molecule has 0 heterocycles. The Morgan fingerprint density at radius 1 is 1.18 bits per heavy atom. The highest BCUT2D eigenvalue weighted by Crippen LogP contribution is 1.94. The summed E-state index contributed by atoms with van der Waals surface area (Å²) in [5.41, 5.74) is -0.546. The number of ether oxygens (including phenoxy) is 2. The molecule has 0 saturated heterocycles. The van der Waals surface area contributed by atoms with Crippen molar-refractivity contribution >= 4 is 17.8 Å². The van der Waals surface area contributed by atoms with Crippen molar-refractivity contribution in [2.45, 2.75) is 0 Å². The molecule has 0 saturated carbocycles. The fourth-order valence-corrected chi connectivity index (χ4v) is 0.390. The van der Waals surface area contributed by atoms with E-state index in [0.717, 1.165) is 14.2 Å². The van der Waals surface area contributed by atoms with Gasteiger partial charge in [0, 0.05) is 5.87 Å². The first-order valence-corrected chi connectivity index (χ1v) is 2.63. The quantitative estimate of drug-likeness (QED) is 0.193. The third-order valence-corrected chi connectivity index (χ3v) is 0.904. The van der Waals surface area contributed by atoms with Crippen LogP contribution in [-0.4, -0.2) is 32.0 Å². The Bertz CT molecular complexity index is 209. The SMILES string of the molecule is COC(=O)C(=C=N)C(=O)OC. The first-order valence-electron chi connectivity index (χ1n) is 2.63. The molecule has 11 heavy (non-hydrogen) atoms. The van der Waals surface area contributed by atoms with Crippen LogP contribution in [0.25, 0.3) is 0 Å². The Balaban J connectivity index is 4.57. The van der Waals surface area contributed by atoms with Gasteiger partial charge in [0.2, 0.25) is 5.57 Å². The monoisotopic (exact) mass is 157 g/mol. The molecule has 0 fully saturated rings. The summed E-state index contributed by atoms with van der Waals surface area (Å²) in [6.07, 6.45) is 0. The van der Waals surface area contributed by atoms with Crippen LogP contribution in [0, 0.1) is 5.41 Å². The van der Waals surface area contributed by atoms with Crippen LogP contribution in [0.5, 0.6) is 0 Å². The fraction of sp³-hybridized carbons (Fsp3) is 0.333. The second-order valence-corrected chi connectivity index (χ2v) is 1.48. The zero-order valence-electron chi connectivity index (χ0n) is 6.13. The fourth-order valence-electron chi connectivity index (χ4n) is 0.390. The van der Waals surface area contributed by atoms with Crippen LogP contribution < -0.4 is 0 Å². The zero-order chi connectivity index (χ0) is 8.85. The van der Waals surface area contributed by atoms with Crippen molar-refractivity contribution < 1.29 is 19.1 Å². The smallest absolute Gasteiger partial charge is 0.354 e. The summed E-state index contributed by atoms with van der Waals surface area (Å²) < 4.78 is 8.33. The van der Waals surface area contributed by atoms with Crippen molar-refractivity contribution in [3.05, 3.63) is 5.57 Å². The van der Waals surface area contributed by atoms with Crippen molar-refractivity contribution in [1.82, 2.24) is 0 Å². The van der Waals surface area contributed by atoms with Gasteiger partial charge in [-0.2, -0.15) is 0 Å². The summed E-state index contributed by atoms with van der Waals surface area (Å²) in [4.78, 5) is 21.2. The number of carbonyl (C=O) groups is 2. The van der Waals surface area contributed by atoms with Crippen LogP contribution >= 0.6 is 0 Å². The average Bonchev–Trinajstić information content (AvgIpc) is 2.05. The lowest BCUT2D eigenvalue weighted by atomic mass is 10.3. The number of esters is 2. The molecule has 0 aromatic carbocycles. The molecule has 0 aliphatic heterocycles. The second kappa shape index (κ2) is 4.24. The number of carbonyl (C=O) groups excluding carboxylic acids is 2. The first kappa shape index (κ1) is 9.39. The van der Waals surface area contributed by atoms with E-state index < -0.39 is 17.5 Å². The van der Waals surface area contributed by atoms with E-state index in [4.69, 9.17) is 5.41 Å². The van der Waals surface area contributed by atoms with Gasteiger partial charge in [-0.1, -0.05) is 0 Å². The van der Waals surface area contributed by atoms with Crippen LogP contribution in [-0.2, 0) is 19.1 Å². The van der Waals surface area contributed by atoms with Crippen LogP contribution in [0.4, 0.5) is 0 Å². The summed E-state index contributed by atoms with van der Waals surface area (Å²) in [7, 11) is 2.20. The third kappa shape index (κ3) is 2.23. The van der Waals surface area contributed by atoms with E-state index in [2.05, 4.69) is 9.47 Å². The standard InChI is InChI=1S/C6H7NO4/c1-10-5(8)4(3-7)6(9)11-2/h7H,1-2H3. The Morgan fingerprint density at radius 3 is 1.73 bits per heavy atom. The predicted octanol–water partition coefficient (Wildman–Crippen LogP) is -0.493. The van der Waals surface area contributed by atoms with Gasteiger partial charge in [0.25, 0.3) is 0 Å². The molecule has 0 aromatic rings. The van der Waals surface area contributed by atoms with Crippen LogP contribution in [0.3, 0.4) is 0 Å². The van der Waals surface area contributed by atoms with Crippen molar-refractivity contribution in [2.24, 2.45) is 0 Å². The maximum atomic E-state index is 10.6. The van der Waals surface area contributed by atoms with Gasteiger partial charge in [-0.05, 0) is 0 Å². The number of rotatable bonds is 2. The van der Waals surface area contributed by atoms with Gasteiger partial charge >= 0.3 is 11.9 Å². The minimum Gasteiger partial charge on any atom is -0.465 e. The van der Waals surface area contributed by atoms with Gasteiger partial charge in [-0.25, -0.2) is 9.59 Å². The van der Waals surface area contributed by atoms with Crippen molar-refractivity contribution in [3.63, 3.8) is 0 Å². The maximum absolute atomic E-state index is 10.6. The summed E-state index contributed by atoms with van der Waals surface area (Å²) in [6, 6.07) is 0. The van der Waals surface area contributed by atoms with E-state index in [-0.39, 0.29) is 0 Å². The minimum atomic E-state index is -0.924. The lowest BCUT2D eigenvalue weighted by Crippen LogP contribution is -2.16. The molecule has 0 radical (unpaired) electrons. The number of hydrogen-bond donors (Lipinski definition) is 1. The Morgan fingerprint density at radius 2 is 1.55 bits per heavy atom. The number of methoxy groups -OCH3 is 2. The largest absolute Gasteiger partial charge is 0.465 e. The molecule has 0 rings (SSSR count). The van der Waals surface area contributed by atoms with Crippen molar-refractivity contribution in [2.75, 3.05) is 14.2 Å². The molecule has 0 amide bonds. The molecule has 0 aromatic heterocycles. The Kier molecular flexibility index (Phi) is 3.62. The Labute approximate surface area is 63.1 Å². The first-order chi connectivity index (χ1) is 5.17. The number of nitrogens with one attached hydrogen (secondary N) is 1.